The maximum absolute atomic E-state index is 5.52. The van der Waals surface area contributed by atoms with E-state index in [9.17, 15) is 0 Å². The largest absolute Gasteiger partial charge is 0.383 e. The number of ether oxygens (including phenoxy) is 1. The fourth-order valence-electron chi connectivity index (χ4n) is 2.62. The topological polar surface area (TPSA) is 76.3 Å². The molecule has 1 aliphatic carbocycles. The van der Waals surface area contributed by atoms with Gasteiger partial charge < -0.3 is 20.7 Å². The lowest BCUT2D eigenvalue weighted by molar-refractivity contribution is 0.201. The van der Waals surface area contributed by atoms with E-state index in [-0.39, 0.29) is 0 Å². The number of nitrogens with zero attached hydrogens (tertiary/aromatic N) is 3. The maximum Gasteiger partial charge on any atom is 0.132 e. The van der Waals surface area contributed by atoms with Crippen LogP contribution in [0.1, 0.15) is 83.2 Å². The zero-order valence-electron chi connectivity index (χ0n) is 21.2. The van der Waals surface area contributed by atoms with Gasteiger partial charge in [-0.05, 0) is 27.3 Å². The molecule has 0 amide bonds. The average Bonchev–Trinajstić information content (AvgIpc) is 2.82. The van der Waals surface area contributed by atoms with Gasteiger partial charge in [0.15, 0.2) is 0 Å². The summed E-state index contributed by atoms with van der Waals surface area (Å²) in [4.78, 5) is 10.6. The molecule has 0 saturated heterocycles. The minimum Gasteiger partial charge on any atom is -0.383 e. The molecule has 31 heavy (non-hydrogen) atoms. The normalized spacial score (nSPS) is 12.1. The zero-order valence-corrected chi connectivity index (χ0v) is 21.2. The summed E-state index contributed by atoms with van der Waals surface area (Å²) in [5.41, 5.74) is 6.41. The molecule has 0 radical (unpaired) electrons. The fourth-order valence-corrected chi connectivity index (χ4v) is 2.62. The Balaban J connectivity index is 0. The Morgan fingerprint density at radius 1 is 1.16 bits per heavy atom. The van der Waals surface area contributed by atoms with Crippen LogP contribution < -0.4 is 16.0 Å². The zero-order chi connectivity index (χ0) is 23.7. The molecule has 0 atom stereocenters. The number of aryl methyl sites for hydroxylation is 1. The lowest BCUT2D eigenvalue weighted by Crippen LogP contribution is -2.18. The Morgan fingerprint density at radius 3 is 2.06 bits per heavy atom. The Hall–Kier alpha value is -1.68. The van der Waals surface area contributed by atoms with Crippen LogP contribution in [-0.4, -0.2) is 50.9 Å². The van der Waals surface area contributed by atoms with E-state index in [2.05, 4.69) is 40.0 Å². The first-order valence-electron chi connectivity index (χ1n) is 11.8. The molecule has 6 nitrogen and oxygen atoms in total. The molecule has 0 unspecified atom stereocenters. The SMILES string of the molecule is C#CCCCC.C1CCCCC1.CCN(C)c1cc(CN)nc(C)n1.CNCCOC. The monoisotopic (exact) mass is 435 g/mol. The van der Waals surface area contributed by atoms with Crippen LogP contribution in [0.15, 0.2) is 6.07 Å². The van der Waals surface area contributed by atoms with Crippen LogP contribution in [0.25, 0.3) is 0 Å². The first kappa shape index (κ1) is 31.5. The van der Waals surface area contributed by atoms with E-state index < -0.39 is 0 Å². The molecule has 180 valence electrons. The Morgan fingerprint density at radius 2 is 1.74 bits per heavy atom. The second kappa shape index (κ2) is 24.6. The fraction of sp³-hybridized carbons (Fsp3) is 0.760. The quantitative estimate of drug-likeness (QED) is 0.455. The standard InChI is InChI=1S/C9H16N4.C6H12.C6H10.C4H11NO/c1-4-13(3)9-5-8(6-10)11-7(2)12-9;1-2-4-6-5-3-1;1-3-5-6-4-2;1-5-3-4-6-2/h5H,4,6,10H2,1-3H3;1-6H2;1H,4-6H2,2H3;5H,3-4H2,1-2H3. The molecule has 1 aromatic rings. The van der Waals surface area contributed by atoms with Crippen LogP contribution in [0.2, 0.25) is 0 Å². The van der Waals surface area contributed by atoms with E-state index in [1.165, 1.54) is 51.4 Å². The lowest BCUT2D eigenvalue weighted by atomic mass is 10.0. The maximum atomic E-state index is 5.52. The van der Waals surface area contributed by atoms with Crippen LogP contribution in [-0.2, 0) is 11.3 Å². The molecule has 6 heteroatoms. The molecule has 0 aliphatic heterocycles. The summed E-state index contributed by atoms with van der Waals surface area (Å²) < 4.78 is 4.72. The summed E-state index contributed by atoms with van der Waals surface area (Å²) in [5, 5.41) is 2.94. The van der Waals surface area contributed by atoms with E-state index >= 15 is 0 Å². The van der Waals surface area contributed by atoms with E-state index in [0.717, 1.165) is 43.5 Å². The van der Waals surface area contributed by atoms with E-state index in [1.54, 1.807) is 7.11 Å². The minimum absolute atomic E-state index is 0.466. The number of anilines is 1. The number of likely N-dealkylation sites (N-methyl/N-ethyl adjacent to an activating group) is 1. The summed E-state index contributed by atoms with van der Waals surface area (Å²) in [6, 6.07) is 1.93. The molecule has 1 fully saturated rings. The first-order chi connectivity index (χ1) is 15.0. The van der Waals surface area contributed by atoms with Gasteiger partial charge >= 0.3 is 0 Å². The molecule has 1 saturated carbocycles. The average molecular weight is 436 g/mol. The lowest BCUT2D eigenvalue weighted by Gasteiger charge is -2.16. The second-order valence-electron chi connectivity index (χ2n) is 7.51. The number of hydrogen-bond donors (Lipinski definition) is 2. The van der Waals surface area contributed by atoms with Gasteiger partial charge in [-0.2, -0.15) is 0 Å². The van der Waals surface area contributed by atoms with Crippen LogP contribution in [0.3, 0.4) is 0 Å². The van der Waals surface area contributed by atoms with Crippen molar-refractivity contribution < 1.29 is 4.74 Å². The number of nitrogens with one attached hydrogen (secondary N) is 1. The Bertz CT molecular complexity index is 526. The van der Waals surface area contributed by atoms with Gasteiger partial charge in [0.1, 0.15) is 11.6 Å². The van der Waals surface area contributed by atoms with E-state index in [0.29, 0.717) is 6.54 Å². The van der Waals surface area contributed by atoms with E-state index in [4.69, 9.17) is 16.9 Å². The highest BCUT2D eigenvalue weighted by molar-refractivity contribution is 5.38. The van der Waals surface area contributed by atoms with Gasteiger partial charge in [-0.3, -0.25) is 0 Å². The highest BCUT2D eigenvalue weighted by Gasteiger charge is 2.03. The molecule has 1 heterocycles. The van der Waals surface area contributed by atoms with Gasteiger partial charge in [-0.15, -0.1) is 12.3 Å². The molecule has 1 aliphatic rings. The Kier molecular flexibility index (Phi) is 25.0. The molecule has 0 spiro atoms. The summed E-state index contributed by atoms with van der Waals surface area (Å²) >= 11 is 0. The van der Waals surface area contributed by atoms with Crippen molar-refractivity contribution in [3.8, 4) is 12.3 Å². The van der Waals surface area contributed by atoms with Crippen molar-refractivity contribution in [2.75, 3.05) is 45.8 Å². The van der Waals surface area contributed by atoms with Crippen molar-refractivity contribution in [3.05, 3.63) is 17.6 Å². The third-order valence-electron chi connectivity index (χ3n) is 4.68. The summed E-state index contributed by atoms with van der Waals surface area (Å²) in [7, 11) is 5.60. The minimum atomic E-state index is 0.466. The van der Waals surface area contributed by atoms with Crippen LogP contribution in [0.4, 0.5) is 5.82 Å². The highest BCUT2D eigenvalue weighted by Crippen LogP contribution is 2.15. The number of nitrogens with two attached hydrogens (primary N) is 1. The van der Waals surface area contributed by atoms with Gasteiger partial charge in [0.05, 0.1) is 12.3 Å². The molecule has 0 bridgehead atoms. The molecular weight excluding hydrogens is 386 g/mol. The third kappa shape index (κ3) is 21.3. The van der Waals surface area contributed by atoms with Crippen LogP contribution >= 0.6 is 0 Å². The first-order valence-corrected chi connectivity index (χ1v) is 11.8. The van der Waals surface area contributed by atoms with Crippen molar-refractivity contribution in [2.24, 2.45) is 5.73 Å². The van der Waals surface area contributed by atoms with Crippen LogP contribution in [0.5, 0.6) is 0 Å². The number of rotatable bonds is 8. The number of terminal acetylenes is 1. The van der Waals surface area contributed by atoms with Crippen molar-refractivity contribution >= 4 is 5.82 Å². The van der Waals surface area contributed by atoms with Crippen molar-refractivity contribution in [2.45, 2.75) is 85.1 Å². The number of aromatic nitrogens is 2. The number of hydrogen-bond acceptors (Lipinski definition) is 6. The van der Waals surface area contributed by atoms with Crippen LogP contribution in [0, 0.1) is 19.3 Å². The third-order valence-corrected chi connectivity index (χ3v) is 4.68. The van der Waals surface area contributed by atoms with Gasteiger partial charge in [-0.25, -0.2) is 9.97 Å². The molecule has 1 aromatic heterocycles. The summed E-state index contributed by atoms with van der Waals surface area (Å²) in [5.74, 6) is 4.28. The van der Waals surface area contributed by atoms with E-state index in [1.807, 2.05) is 27.1 Å². The van der Waals surface area contributed by atoms with Gasteiger partial charge in [0.25, 0.3) is 0 Å². The molecular formula is C25H49N5O. The van der Waals surface area contributed by atoms with Crippen molar-refractivity contribution in [3.63, 3.8) is 0 Å². The Labute approximate surface area is 192 Å². The predicted octanol–water partition coefficient (Wildman–Crippen LogP) is 4.70. The predicted molar refractivity (Wildman–Crippen MR) is 135 cm³/mol. The summed E-state index contributed by atoms with van der Waals surface area (Å²) in [6.45, 7) is 9.24. The van der Waals surface area contributed by atoms with Crippen molar-refractivity contribution in [1.29, 1.82) is 0 Å². The van der Waals surface area contributed by atoms with Gasteiger partial charge in [0, 0.05) is 46.3 Å². The van der Waals surface area contributed by atoms with Gasteiger partial charge in [-0.1, -0.05) is 51.9 Å². The highest BCUT2D eigenvalue weighted by atomic mass is 16.5. The molecule has 0 aromatic carbocycles. The number of methoxy groups -OCH3 is 1. The second-order valence-corrected chi connectivity index (χ2v) is 7.51. The number of unbranched alkanes of at least 4 members (excludes halogenated alkanes) is 2. The van der Waals surface area contributed by atoms with Gasteiger partial charge in [0.2, 0.25) is 0 Å². The van der Waals surface area contributed by atoms with Crippen molar-refractivity contribution in [1.82, 2.24) is 15.3 Å². The molecule has 3 N–H and O–H groups in total. The molecule has 2 rings (SSSR count). The summed E-state index contributed by atoms with van der Waals surface area (Å²) in [6.07, 6.45) is 17.3. The smallest absolute Gasteiger partial charge is 0.132 e.